The summed E-state index contributed by atoms with van der Waals surface area (Å²) in [7, 11) is 0. The number of halogens is 1. The highest BCUT2D eigenvalue weighted by Crippen LogP contribution is 2.22. The third kappa shape index (κ3) is 4.26. The molecule has 0 atom stereocenters. The van der Waals surface area contributed by atoms with Gasteiger partial charge in [-0.1, -0.05) is 35.9 Å². The molecule has 0 spiro atoms. The van der Waals surface area contributed by atoms with Gasteiger partial charge in [-0.25, -0.2) is 9.97 Å². The number of hydrogen-bond acceptors (Lipinski definition) is 4. The molecular formula is C21H20ClN3O2. The monoisotopic (exact) mass is 381 g/mol. The van der Waals surface area contributed by atoms with E-state index in [0.717, 1.165) is 34.9 Å². The number of nitrogens with zero attached hydrogens (tertiary/aromatic N) is 2. The second-order valence-corrected chi connectivity index (χ2v) is 7.10. The zero-order valence-electron chi connectivity index (χ0n) is 14.8. The van der Waals surface area contributed by atoms with E-state index in [1.54, 1.807) is 12.3 Å². The first-order chi connectivity index (χ1) is 13.2. The van der Waals surface area contributed by atoms with Gasteiger partial charge in [-0.2, -0.15) is 0 Å². The van der Waals surface area contributed by atoms with E-state index in [-0.39, 0.29) is 11.9 Å². The highest BCUT2D eigenvalue weighted by atomic mass is 35.5. The van der Waals surface area contributed by atoms with Gasteiger partial charge in [0.05, 0.1) is 5.52 Å². The Morgan fingerprint density at radius 3 is 2.78 bits per heavy atom. The zero-order valence-corrected chi connectivity index (χ0v) is 15.6. The topological polar surface area (TPSA) is 64.1 Å². The van der Waals surface area contributed by atoms with Crippen LogP contribution in [0.15, 0.2) is 48.7 Å². The summed E-state index contributed by atoms with van der Waals surface area (Å²) in [5, 5.41) is 4.59. The predicted molar refractivity (Wildman–Crippen MR) is 105 cm³/mol. The van der Waals surface area contributed by atoms with Crippen LogP contribution < -0.4 is 5.32 Å². The molecule has 1 aliphatic heterocycles. The van der Waals surface area contributed by atoms with Gasteiger partial charge in [0, 0.05) is 30.8 Å². The lowest BCUT2D eigenvalue weighted by atomic mass is 10.0. The van der Waals surface area contributed by atoms with E-state index in [1.165, 1.54) is 0 Å². The van der Waals surface area contributed by atoms with Crippen molar-refractivity contribution in [3.8, 4) is 0 Å². The molecule has 1 aliphatic rings. The fraction of sp³-hybridized carbons (Fsp3) is 0.286. The van der Waals surface area contributed by atoms with Gasteiger partial charge < -0.3 is 10.1 Å². The minimum Gasteiger partial charge on any atom is -0.381 e. The molecule has 3 aromatic rings. The Kier molecular flexibility index (Phi) is 5.32. The third-order valence-electron chi connectivity index (χ3n) is 4.77. The minimum absolute atomic E-state index is 0.136. The Morgan fingerprint density at radius 1 is 1.19 bits per heavy atom. The highest BCUT2D eigenvalue weighted by Gasteiger charge is 2.19. The Labute approximate surface area is 162 Å². The maximum Gasteiger partial charge on any atom is 0.270 e. The molecule has 2 aromatic heterocycles. The minimum atomic E-state index is -0.136. The summed E-state index contributed by atoms with van der Waals surface area (Å²) >= 11 is 5.89. The summed E-state index contributed by atoms with van der Waals surface area (Å²) in [4.78, 5) is 21.5. The summed E-state index contributed by atoms with van der Waals surface area (Å²) < 4.78 is 5.36. The van der Waals surface area contributed by atoms with Gasteiger partial charge in [0.2, 0.25) is 0 Å². The fourth-order valence-electron chi connectivity index (χ4n) is 3.34. The summed E-state index contributed by atoms with van der Waals surface area (Å²) in [6, 6.07) is 13.6. The normalized spacial score (nSPS) is 15.0. The Bertz CT molecular complexity index is 953. The number of ether oxygens (including phenoxy) is 1. The van der Waals surface area contributed by atoms with Crippen LogP contribution in [0.5, 0.6) is 0 Å². The molecule has 0 aliphatic carbocycles. The second kappa shape index (κ2) is 8.03. The summed E-state index contributed by atoms with van der Waals surface area (Å²) in [6.07, 6.45) is 4.09. The third-order valence-corrected chi connectivity index (χ3v) is 5.00. The molecule has 1 aromatic carbocycles. The van der Waals surface area contributed by atoms with Crippen molar-refractivity contribution in [3.05, 3.63) is 70.6 Å². The lowest BCUT2D eigenvalue weighted by molar-refractivity contribution is 0.0694. The number of nitrogens with one attached hydrogen (secondary N) is 1. The number of fused-ring (bicyclic) bond motifs is 1. The van der Waals surface area contributed by atoms with Crippen LogP contribution in [-0.2, 0) is 11.2 Å². The molecule has 0 saturated carbocycles. The van der Waals surface area contributed by atoms with Crippen molar-refractivity contribution in [2.45, 2.75) is 25.3 Å². The van der Waals surface area contributed by atoms with Crippen molar-refractivity contribution < 1.29 is 9.53 Å². The quantitative estimate of drug-likeness (QED) is 0.698. The van der Waals surface area contributed by atoms with Crippen LogP contribution in [0.2, 0.25) is 5.15 Å². The average molecular weight is 382 g/mol. The van der Waals surface area contributed by atoms with Gasteiger partial charge in [-0.3, -0.25) is 4.79 Å². The molecule has 1 fully saturated rings. The first-order valence-electron chi connectivity index (χ1n) is 9.07. The van der Waals surface area contributed by atoms with Crippen LogP contribution in [0.25, 0.3) is 10.9 Å². The molecular weight excluding hydrogens is 362 g/mol. The number of rotatable bonds is 4. The molecule has 0 bridgehead atoms. The number of carbonyl (C=O) groups excluding carboxylic acids is 1. The molecule has 5 nitrogen and oxygen atoms in total. The molecule has 1 amide bonds. The van der Waals surface area contributed by atoms with E-state index < -0.39 is 0 Å². The first kappa shape index (κ1) is 17.9. The van der Waals surface area contributed by atoms with Crippen molar-refractivity contribution in [2.24, 2.45) is 0 Å². The van der Waals surface area contributed by atoms with Crippen LogP contribution in [-0.4, -0.2) is 35.1 Å². The van der Waals surface area contributed by atoms with Crippen LogP contribution in [0.3, 0.4) is 0 Å². The molecule has 0 radical (unpaired) electrons. The average Bonchev–Trinajstić information content (AvgIpc) is 2.70. The molecule has 3 heterocycles. The van der Waals surface area contributed by atoms with Crippen LogP contribution in [0.4, 0.5) is 0 Å². The lowest BCUT2D eigenvalue weighted by Crippen LogP contribution is -2.39. The molecule has 27 heavy (non-hydrogen) atoms. The molecule has 6 heteroatoms. The van der Waals surface area contributed by atoms with Gasteiger partial charge in [-0.15, -0.1) is 0 Å². The van der Waals surface area contributed by atoms with Crippen molar-refractivity contribution in [3.63, 3.8) is 0 Å². The van der Waals surface area contributed by atoms with E-state index in [9.17, 15) is 4.79 Å². The van der Waals surface area contributed by atoms with E-state index >= 15 is 0 Å². The van der Waals surface area contributed by atoms with E-state index in [4.69, 9.17) is 16.3 Å². The SMILES string of the molecule is O=C(NC1CCOCC1)c1cc(Cc2ccc(Cl)nc2)c2ccccc2n1. The number of amides is 1. The van der Waals surface area contributed by atoms with Gasteiger partial charge >= 0.3 is 0 Å². The standard InChI is InChI=1S/C21H20ClN3O2/c22-20-6-5-14(13-23-20)11-15-12-19(25-18-4-2-1-3-17(15)18)21(26)24-16-7-9-27-10-8-16/h1-6,12-13,16H,7-11H2,(H,24,26). The van der Waals surface area contributed by atoms with E-state index in [0.29, 0.717) is 30.5 Å². The smallest absolute Gasteiger partial charge is 0.270 e. The molecule has 4 rings (SSSR count). The van der Waals surface area contributed by atoms with Gasteiger partial charge in [0.1, 0.15) is 10.8 Å². The Morgan fingerprint density at radius 2 is 2.00 bits per heavy atom. The highest BCUT2D eigenvalue weighted by molar-refractivity contribution is 6.29. The van der Waals surface area contributed by atoms with Crippen molar-refractivity contribution >= 4 is 28.4 Å². The van der Waals surface area contributed by atoms with Gasteiger partial charge in [0.25, 0.3) is 5.91 Å². The maximum absolute atomic E-state index is 12.8. The maximum atomic E-state index is 12.8. The zero-order chi connectivity index (χ0) is 18.6. The molecule has 1 saturated heterocycles. The van der Waals surface area contributed by atoms with Crippen molar-refractivity contribution in [1.82, 2.24) is 15.3 Å². The second-order valence-electron chi connectivity index (χ2n) is 6.71. The fourth-order valence-corrected chi connectivity index (χ4v) is 3.45. The van der Waals surface area contributed by atoms with Crippen LogP contribution in [0.1, 0.15) is 34.5 Å². The summed E-state index contributed by atoms with van der Waals surface area (Å²) in [6.45, 7) is 1.37. The Balaban J connectivity index is 1.65. The summed E-state index contributed by atoms with van der Waals surface area (Å²) in [5.74, 6) is -0.136. The number of benzene rings is 1. The van der Waals surface area contributed by atoms with Crippen LogP contribution >= 0.6 is 11.6 Å². The van der Waals surface area contributed by atoms with Gasteiger partial charge in [0.15, 0.2) is 0 Å². The van der Waals surface area contributed by atoms with Crippen molar-refractivity contribution in [2.75, 3.05) is 13.2 Å². The number of hydrogen-bond donors (Lipinski definition) is 1. The number of para-hydroxylation sites is 1. The lowest BCUT2D eigenvalue weighted by Gasteiger charge is -2.23. The predicted octanol–water partition coefficient (Wildman–Crippen LogP) is 3.78. The van der Waals surface area contributed by atoms with E-state index in [1.807, 2.05) is 36.4 Å². The largest absolute Gasteiger partial charge is 0.381 e. The molecule has 138 valence electrons. The van der Waals surface area contributed by atoms with Gasteiger partial charge in [-0.05, 0) is 48.6 Å². The Hall–Kier alpha value is -2.50. The summed E-state index contributed by atoms with van der Waals surface area (Å²) in [5.41, 5.74) is 3.33. The van der Waals surface area contributed by atoms with Crippen LogP contribution in [0, 0.1) is 0 Å². The van der Waals surface area contributed by atoms with E-state index in [2.05, 4.69) is 15.3 Å². The first-order valence-corrected chi connectivity index (χ1v) is 9.44. The number of aromatic nitrogens is 2. The van der Waals surface area contributed by atoms with Crippen molar-refractivity contribution in [1.29, 1.82) is 0 Å². The molecule has 1 N–H and O–H groups in total. The molecule has 0 unspecified atom stereocenters. The number of pyridine rings is 2. The number of carbonyl (C=O) groups is 1.